The molecule has 0 aliphatic carbocycles. The zero-order valence-electron chi connectivity index (χ0n) is 18.5. The van der Waals surface area contributed by atoms with Gasteiger partial charge in [-0.3, -0.25) is 9.10 Å². The number of rotatable bonds is 9. The summed E-state index contributed by atoms with van der Waals surface area (Å²) in [5.74, 6) is -0.468. The van der Waals surface area contributed by atoms with Crippen LogP contribution in [0.5, 0.6) is 5.75 Å². The van der Waals surface area contributed by atoms with Crippen molar-refractivity contribution in [2.24, 2.45) is 0 Å². The van der Waals surface area contributed by atoms with Crippen LogP contribution in [0, 0.1) is 0 Å². The van der Waals surface area contributed by atoms with Gasteiger partial charge in [0.2, 0.25) is 5.91 Å². The van der Waals surface area contributed by atoms with Crippen LogP contribution in [-0.4, -0.2) is 27.5 Å². The number of alkyl halides is 3. The molecule has 6 nitrogen and oxygen atoms in total. The molecule has 0 radical (unpaired) electrons. The van der Waals surface area contributed by atoms with Gasteiger partial charge in [-0.25, -0.2) is 8.42 Å². The second-order valence-corrected chi connectivity index (χ2v) is 9.64. The molecule has 0 aliphatic heterocycles. The van der Waals surface area contributed by atoms with Crippen LogP contribution in [0.15, 0.2) is 77.7 Å². The molecule has 0 spiro atoms. The molecule has 0 saturated heterocycles. The van der Waals surface area contributed by atoms with E-state index in [0.29, 0.717) is 5.02 Å². The van der Waals surface area contributed by atoms with Crippen LogP contribution in [-0.2, 0) is 27.5 Å². The van der Waals surface area contributed by atoms with Gasteiger partial charge in [0.05, 0.1) is 22.8 Å². The lowest BCUT2D eigenvalue weighted by molar-refractivity contribution is -0.137. The number of nitrogens with one attached hydrogen (secondary N) is 1. The number of benzene rings is 3. The van der Waals surface area contributed by atoms with Crippen molar-refractivity contribution in [3.8, 4) is 5.75 Å². The lowest BCUT2D eigenvalue weighted by Crippen LogP contribution is -2.41. The molecule has 1 amide bonds. The third-order valence-corrected chi connectivity index (χ3v) is 6.89. The van der Waals surface area contributed by atoms with Gasteiger partial charge in [-0.1, -0.05) is 35.9 Å². The summed E-state index contributed by atoms with van der Waals surface area (Å²) >= 11 is 5.88. The van der Waals surface area contributed by atoms with Crippen molar-refractivity contribution in [1.29, 1.82) is 0 Å². The Morgan fingerprint density at radius 1 is 1.03 bits per heavy atom. The van der Waals surface area contributed by atoms with Crippen molar-refractivity contribution in [1.82, 2.24) is 5.32 Å². The fourth-order valence-electron chi connectivity index (χ4n) is 3.22. The number of sulfonamides is 1. The summed E-state index contributed by atoms with van der Waals surface area (Å²) in [4.78, 5) is 12.7. The molecule has 186 valence electrons. The minimum absolute atomic E-state index is 0.0983. The van der Waals surface area contributed by atoms with Gasteiger partial charge in [-0.2, -0.15) is 13.2 Å². The maximum absolute atomic E-state index is 13.5. The van der Waals surface area contributed by atoms with Crippen LogP contribution in [0.2, 0.25) is 5.02 Å². The van der Waals surface area contributed by atoms with E-state index in [2.05, 4.69) is 5.32 Å². The van der Waals surface area contributed by atoms with Crippen LogP contribution < -0.4 is 14.4 Å². The Morgan fingerprint density at radius 2 is 1.71 bits per heavy atom. The summed E-state index contributed by atoms with van der Waals surface area (Å²) in [7, 11) is -4.23. The molecule has 0 bridgehead atoms. The van der Waals surface area contributed by atoms with Gasteiger partial charge in [-0.05, 0) is 61.0 Å². The third kappa shape index (κ3) is 6.67. The van der Waals surface area contributed by atoms with Crippen LogP contribution in [0.3, 0.4) is 0 Å². The Kier molecular flexibility index (Phi) is 8.29. The average molecular weight is 527 g/mol. The molecule has 1 N–H and O–H groups in total. The van der Waals surface area contributed by atoms with E-state index in [1.165, 1.54) is 42.5 Å². The van der Waals surface area contributed by atoms with Gasteiger partial charge in [0.15, 0.2) is 0 Å². The van der Waals surface area contributed by atoms with Crippen LogP contribution in [0.4, 0.5) is 18.9 Å². The van der Waals surface area contributed by atoms with Crippen molar-refractivity contribution < 1.29 is 31.1 Å². The van der Waals surface area contributed by atoms with E-state index in [4.69, 9.17) is 16.3 Å². The molecule has 11 heteroatoms. The van der Waals surface area contributed by atoms with E-state index in [-0.39, 0.29) is 35.0 Å². The van der Waals surface area contributed by atoms with E-state index in [0.717, 1.165) is 16.4 Å². The summed E-state index contributed by atoms with van der Waals surface area (Å²) in [6.45, 7) is 1.14. The Labute approximate surface area is 206 Å². The largest absolute Gasteiger partial charge is 0.492 e. The van der Waals surface area contributed by atoms with Gasteiger partial charge < -0.3 is 10.1 Å². The number of carbonyl (C=O) groups excluding carboxylic acids is 1. The van der Waals surface area contributed by atoms with Crippen LogP contribution >= 0.6 is 11.6 Å². The predicted octanol–water partition coefficient (Wildman–Crippen LogP) is 5.27. The first-order valence-corrected chi connectivity index (χ1v) is 12.3. The van der Waals surface area contributed by atoms with Gasteiger partial charge in [0.1, 0.15) is 12.3 Å². The van der Waals surface area contributed by atoms with E-state index in [9.17, 15) is 26.4 Å². The first kappa shape index (κ1) is 26.4. The predicted molar refractivity (Wildman–Crippen MR) is 127 cm³/mol. The number of carbonyl (C=O) groups is 1. The molecular formula is C24H22ClF3N2O4S. The highest BCUT2D eigenvalue weighted by molar-refractivity contribution is 7.92. The van der Waals surface area contributed by atoms with Gasteiger partial charge >= 0.3 is 6.18 Å². The van der Waals surface area contributed by atoms with Crippen molar-refractivity contribution in [2.75, 3.05) is 17.5 Å². The summed E-state index contributed by atoms with van der Waals surface area (Å²) in [6.07, 6.45) is -4.52. The minimum atomic E-state index is -4.52. The van der Waals surface area contributed by atoms with Crippen LogP contribution in [0.1, 0.15) is 18.1 Å². The number of anilines is 1. The zero-order chi connectivity index (χ0) is 25.6. The quantitative estimate of drug-likeness (QED) is 0.412. The van der Waals surface area contributed by atoms with Crippen molar-refractivity contribution in [3.05, 3.63) is 88.9 Å². The number of hydrogen-bond acceptors (Lipinski definition) is 4. The fraction of sp³-hybridized carbons (Fsp3) is 0.208. The Bertz CT molecular complexity index is 1280. The van der Waals surface area contributed by atoms with Gasteiger partial charge in [-0.15, -0.1) is 0 Å². The Hall–Kier alpha value is -3.24. The van der Waals surface area contributed by atoms with E-state index >= 15 is 0 Å². The minimum Gasteiger partial charge on any atom is -0.492 e. The summed E-state index contributed by atoms with van der Waals surface area (Å²) < 4.78 is 72.3. The van der Waals surface area contributed by atoms with Gasteiger partial charge in [0, 0.05) is 11.6 Å². The second-order valence-electron chi connectivity index (χ2n) is 7.34. The van der Waals surface area contributed by atoms with E-state index in [1.54, 1.807) is 25.1 Å². The third-order valence-electron chi connectivity index (χ3n) is 4.87. The monoisotopic (exact) mass is 526 g/mol. The van der Waals surface area contributed by atoms with Gasteiger partial charge in [0.25, 0.3) is 10.0 Å². The molecule has 3 aromatic carbocycles. The first-order chi connectivity index (χ1) is 16.5. The fourth-order valence-corrected chi connectivity index (χ4v) is 4.78. The zero-order valence-corrected chi connectivity index (χ0v) is 20.1. The second kappa shape index (κ2) is 11.0. The molecule has 0 atom stereocenters. The topological polar surface area (TPSA) is 75.7 Å². The number of amides is 1. The van der Waals surface area contributed by atoms with Crippen molar-refractivity contribution in [3.63, 3.8) is 0 Å². The summed E-state index contributed by atoms with van der Waals surface area (Å²) in [5.41, 5.74) is -0.490. The highest BCUT2D eigenvalue weighted by Gasteiger charge is 2.31. The molecule has 35 heavy (non-hydrogen) atoms. The standard InChI is InChI=1S/C24H22ClF3N2O4S/c1-2-34-22-9-4-3-8-21(22)30(35(32,33)20-12-10-19(25)11-13-20)16-23(31)29-15-17-6-5-7-18(14-17)24(26,27)28/h3-14H,2,15-16H2,1H3,(H,29,31). The lowest BCUT2D eigenvalue weighted by atomic mass is 10.1. The molecule has 0 unspecified atom stereocenters. The highest BCUT2D eigenvalue weighted by atomic mass is 35.5. The van der Waals surface area contributed by atoms with Crippen molar-refractivity contribution >= 4 is 33.2 Å². The summed E-state index contributed by atoms with van der Waals surface area (Å²) in [5, 5.41) is 2.82. The normalized spacial score (nSPS) is 11.7. The maximum atomic E-state index is 13.5. The van der Waals surface area contributed by atoms with E-state index in [1.807, 2.05) is 0 Å². The molecule has 3 aromatic rings. The van der Waals surface area contributed by atoms with Crippen LogP contribution in [0.25, 0.3) is 0 Å². The maximum Gasteiger partial charge on any atom is 0.416 e. The molecule has 0 fully saturated rings. The number of ether oxygens (including phenoxy) is 1. The summed E-state index contributed by atoms with van der Waals surface area (Å²) in [6, 6.07) is 16.3. The number of halogens is 4. The first-order valence-electron chi connectivity index (χ1n) is 10.5. The molecule has 0 saturated carbocycles. The van der Waals surface area contributed by atoms with E-state index < -0.39 is 34.2 Å². The SMILES string of the molecule is CCOc1ccccc1N(CC(=O)NCc1cccc(C(F)(F)F)c1)S(=O)(=O)c1ccc(Cl)cc1. The van der Waals surface area contributed by atoms with Crippen molar-refractivity contribution in [2.45, 2.75) is 24.5 Å². The highest BCUT2D eigenvalue weighted by Crippen LogP contribution is 2.33. The number of para-hydroxylation sites is 2. The molecular weight excluding hydrogens is 505 g/mol. The number of hydrogen-bond donors (Lipinski definition) is 1. The molecule has 0 heterocycles. The average Bonchev–Trinajstić information content (AvgIpc) is 2.82. The number of nitrogens with zero attached hydrogens (tertiary/aromatic N) is 1. The molecule has 3 rings (SSSR count). The molecule has 0 aromatic heterocycles. The Morgan fingerprint density at radius 3 is 2.37 bits per heavy atom. The lowest BCUT2D eigenvalue weighted by Gasteiger charge is -2.26. The molecule has 0 aliphatic rings. The Balaban J connectivity index is 1.89. The smallest absolute Gasteiger partial charge is 0.416 e.